The molecule has 3 rings (SSSR count). The van der Waals surface area contributed by atoms with Gasteiger partial charge in [-0.2, -0.15) is 18.3 Å². The van der Waals surface area contributed by atoms with E-state index in [0.717, 1.165) is 18.7 Å². The summed E-state index contributed by atoms with van der Waals surface area (Å²) in [6, 6.07) is 2.42. The molecule has 1 saturated heterocycles. The molecule has 0 atom stereocenters. The van der Waals surface area contributed by atoms with Gasteiger partial charge in [0.2, 0.25) is 5.91 Å². The minimum atomic E-state index is -4.39. The quantitative estimate of drug-likeness (QED) is 0.824. The molecule has 0 saturated carbocycles. The number of hydrogen-bond acceptors (Lipinski definition) is 5. The summed E-state index contributed by atoms with van der Waals surface area (Å²) in [5.74, 6) is 0.526. The van der Waals surface area contributed by atoms with Crippen LogP contribution < -0.4 is 4.90 Å². The number of carbonyl (C=O) groups excluding carboxylic acids is 1. The first-order valence-electron chi connectivity index (χ1n) is 8.32. The van der Waals surface area contributed by atoms with E-state index in [2.05, 4.69) is 15.1 Å². The van der Waals surface area contributed by atoms with Gasteiger partial charge in [-0.1, -0.05) is 0 Å². The van der Waals surface area contributed by atoms with Crippen molar-refractivity contribution in [2.24, 2.45) is 0 Å². The van der Waals surface area contributed by atoms with Crippen LogP contribution in [0, 0.1) is 0 Å². The standard InChI is InChI=1S/C16H19F3N6O/c17-16(18,19)13-2-3-14(21-10-13)23-5-1-6-24(9-8-23)15(26)4-7-25-12-20-11-22-25/h2-3,10-12H,1,4-9H2. The monoisotopic (exact) mass is 368 g/mol. The van der Waals surface area contributed by atoms with Gasteiger partial charge in [-0.05, 0) is 18.6 Å². The molecule has 0 aliphatic carbocycles. The predicted molar refractivity (Wildman–Crippen MR) is 87.3 cm³/mol. The van der Waals surface area contributed by atoms with Crippen LogP contribution in [0.3, 0.4) is 0 Å². The van der Waals surface area contributed by atoms with Crippen molar-refractivity contribution in [2.75, 3.05) is 31.1 Å². The molecule has 0 unspecified atom stereocenters. The molecule has 3 heterocycles. The number of halogens is 3. The van der Waals surface area contributed by atoms with Crippen LogP contribution in [-0.2, 0) is 17.5 Å². The fourth-order valence-electron chi connectivity index (χ4n) is 2.85. The Morgan fingerprint density at radius 2 is 2.00 bits per heavy atom. The maximum absolute atomic E-state index is 12.6. The predicted octanol–water partition coefficient (Wildman–Crippen LogP) is 1.82. The third kappa shape index (κ3) is 4.50. The van der Waals surface area contributed by atoms with Gasteiger partial charge in [0, 0.05) is 38.8 Å². The number of amides is 1. The molecule has 0 radical (unpaired) electrons. The zero-order chi connectivity index (χ0) is 18.6. The lowest BCUT2D eigenvalue weighted by atomic mass is 10.2. The van der Waals surface area contributed by atoms with Crippen molar-refractivity contribution in [1.82, 2.24) is 24.6 Å². The first-order chi connectivity index (χ1) is 12.4. The van der Waals surface area contributed by atoms with E-state index in [9.17, 15) is 18.0 Å². The normalized spacial score (nSPS) is 15.8. The fourth-order valence-corrected chi connectivity index (χ4v) is 2.85. The number of anilines is 1. The lowest BCUT2D eigenvalue weighted by Gasteiger charge is -2.23. The van der Waals surface area contributed by atoms with Crippen molar-refractivity contribution in [2.45, 2.75) is 25.6 Å². The summed E-state index contributed by atoms with van der Waals surface area (Å²) < 4.78 is 39.5. The largest absolute Gasteiger partial charge is 0.417 e. The van der Waals surface area contributed by atoms with Crippen molar-refractivity contribution in [1.29, 1.82) is 0 Å². The second-order valence-corrected chi connectivity index (χ2v) is 6.03. The first-order valence-corrected chi connectivity index (χ1v) is 8.32. The minimum absolute atomic E-state index is 0.0303. The Balaban J connectivity index is 1.55. The van der Waals surface area contributed by atoms with Crippen molar-refractivity contribution < 1.29 is 18.0 Å². The van der Waals surface area contributed by atoms with Crippen LogP contribution in [0.25, 0.3) is 0 Å². The number of pyridine rings is 1. The van der Waals surface area contributed by atoms with Crippen LogP contribution >= 0.6 is 0 Å². The topological polar surface area (TPSA) is 67.2 Å². The Kier molecular flexibility index (Phi) is 5.38. The molecule has 140 valence electrons. The average Bonchev–Trinajstić information content (AvgIpc) is 3.01. The summed E-state index contributed by atoms with van der Waals surface area (Å²) in [5.41, 5.74) is -0.763. The fraction of sp³-hybridized carbons (Fsp3) is 0.500. The Morgan fingerprint density at radius 3 is 2.65 bits per heavy atom. The van der Waals surface area contributed by atoms with Crippen molar-refractivity contribution in [3.8, 4) is 0 Å². The van der Waals surface area contributed by atoms with Gasteiger partial charge in [0.25, 0.3) is 0 Å². The second kappa shape index (κ2) is 7.71. The molecule has 0 N–H and O–H groups in total. The molecule has 26 heavy (non-hydrogen) atoms. The first kappa shape index (κ1) is 18.2. The van der Waals surface area contributed by atoms with E-state index in [1.165, 1.54) is 12.4 Å². The van der Waals surface area contributed by atoms with E-state index in [-0.39, 0.29) is 5.91 Å². The number of aromatic nitrogens is 4. The number of rotatable bonds is 4. The van der Waals surface area contributed by atoms with Crippen LogP contribution in [0.15, 0.2) is 31.0 Å². The molecule has 0 aromatic carbocycles. The van der Waals surface area contributed by atoms with Gasteiger partial charge in [-0.25, -0.2) is 9.97 Å². The molecule has 2 aromatic heterocycles. The van der Waals surface area contributed by atoms with E-state index >= 15 is 0 Å². The zero-order valence-corrected chi connectivity index (χ0v) is 14.1. The van der Waals surface area contributed by atoms with Gasteiger partial charge < -0.3 is 9.80 Å². The molecule has 1 aliphatic rings. The van der Waals surface area contributed by atoms with Gasteiger partial charge in [0.05, 0.1) is 12.1 Å². The summed E-state index contributed by atoms with van der Waals surface area (Å²) in [7, 11) is 0. The van der Waals surface area contributed by atoms with Gasteiger partial charge in [-0.15, -0.1) is 0 Å². The molecule has 1 amide bonds. The van der Waals surface area contributed by atoms with E-state index in [4.69, 9.17) is 0 Å². The zero-order valence-electron chi connectivity index (χ0n) is 14.1. The Hall–Kier alpha value is -2.65. The van der Waals surface area contributed by atoms with E-state index in [0.29, 0.717) is 45.0 Å². The number of aryl methyl sites for hydroxylation is 1. The maximum atomic E-state index is 12.6. The summed E-state index contributed by atoms with van der Waals surface area (Å²) in [5, 5.41) is 3.97. The van der Waals surface area contributed by atoms with Crippen LogP contribution in [0.4, 0.5) is 19.0 Å². The van der Waals surface area contributed by atoms with Gasteiger partial charge in [0.1, 0.15) is 18.5 Å². The smallest absolute Gasteiger partial charge is 0.355 e. The second-order valence-electron chi connectivity index (χ2n) is 6.03. The number of nitrogens with zero attached hydrogens (tertiary/aromatic N) is 6. The van der Waals surface area contributed by atoms with Crippen LogP contribution in [0.2, 0.25) is 0 Å². The van der Waals surface area contributed by atoms with Crippen LogP contribution in [-0.4, -0.2) is 56.7 Å². The van der Waals surface area contributed by atoms with Gasteiger partial charge in [0.15, 0.2) is 0 Å². The highest BCUT2D eigenvalue weighted by Crippen LogP contribution is 2.29. The highest BCUT2D eigenvalue weighted by atomic mass is 19.4. The molecule has 0 spiro atoms. The number of alkyl halides is 3. The summed E-state index contributed by atoms with van der Waals surface area (Å²) in [6.07, 6.45) is 0.512. The summed E-state index contributed by atoms with van der Waals surface area (Å²) in [6.45, 7) is 2.78. The average molecular weight is 368 g/mol. The van der Waals surface area contributed by atoms with E-state index < -0.39 is 11.7 Å². The Labute approximate surface area is 148 Å². The maximum Gasteiger partial charge on any atom is 0.417 e. The lowest BCUT2D eigenvalue weighted by Crippen LogP contribution is -2.35. The minimum Gasteiger partial charge on any atom is -0.355 e. The SMILES string of the molecule is O=C(CCn1cncn1)N1CCCN(c2ccc(C(F)(F)F)cn2)CC1. The van der Waals surface area contributed by atoms with Crippen molar-refractivity contribution >= 4 is 11.7 Å². The summed E-state index contributed by atoms with van der Waals surface area (Å²) >= 11 is 0. The molecule has 2 aromatic rings. The lowest BCUT2D eigenvalue weighted by molar-refractivity contribution is -0.137. The molecule has 1 fully saturated rings. The molecule has 7 nitrogen and oxygen atoms in total. The molecule has 1 aliphatic heterocycles. The van der Waals surface area contributed by atoms with Crippen LogP contribution in [0.1, 0.15) is 18.4 Å². The van der Waals surface area contributed by atoms with Gasteiger partial charge >= 0.3 is 6.18 Å². The van der Waals surface area contributed by atoms with E-state index in [1.54, 1.807) is 15.9 Å². The highest BCUT2D eigenvalue weighted by molar-refractivity contribution is 5.76. The Bertz CT molecular complexity index is 717. The molecular formula is C16H19F3N6O. The van der Waals surface area contributed by atoms with E-state index in [1.807, 2.05) is 4.90 Å². The summed E-state index contributed by atoms with van der Waals surface area (Å²) in [4.78, 5) is 23.8. The van der Waals surface area contributed by atoms with Crippen LogP contribution in [0.5, 0.6) is 0 Å². The molecule has 0 bridgehead atoms. The molecular weight excluding hydrogens is 349 g/mol. The van der Waals surface area contributed by atoms with Crippen molar-refractivity contribution in [3.05, 3.63) is 36.5 Å². The number of carbonyl (C=O) groups is 1. The van der Waals surface area contributed by atoms with Crippen molar-refractivity contribution in [3.63, 3.8) is 0 Å². The molecule has 10 heteroatoms. The third-order valence-electron chi connectivity index (χ3n) is 4.27. The van der Waals surface area contributed by atoms with Gasteiger partial charge in [-0.3, -0.25) is 9.48 Å². The highest BCUT2D eigenvalue weighted by Gasteiger charge is 2.31. The third-order valence-corrected chi connectivity index (χ3v) is 4.27. The Morgan fingerprint density at radius 1 is 1.15 bits per heavy atom. The number of hydrogen-bond donors (Lipinski definition) is 0.